The van der Waals surface area contributed by atoms with Gasteiger partial charge in [-0.05, 0) is 32.2 Å². The summed E-state index contributed by atoms with van der Waals surface area (Å²) < 4.78 is 0. The van der Waals surface area contributed by atoms with Crippen molar-refractivity contribution in [2.24, 2.45) is 17.2 Å². The van der Waals surface area contributed by atoms with Crippen molar-refractivity contribution < 1.29 is 29.1 Å². The standard InChI is InChI=1S/C19H32N8O6/c20-6-2-1-3-13(18(32)24-9-16(29)30)27-19(33)14(4-5-15(22)28)26-17(31)12(21)7-11-8-23-10-25-11/h8,10,12-14H,1-7,9,20-21H2,(H2,22,28)(H,23,25)(H,24,32)(H,26,31)(H,27,33)(H,29,30). The van der Waals surface area contributed by atoms with Gasteiger partial charge in [-0.15, -0.1) is 0 Å². The van der Waals surface area contributed by atoms with E-state index in [-0.39, 0.29) is 25.7 Å². The number of unbranched alkanes of at least 4 members (excludes halogenated alkanes) is 1. The lowest BCUT2D eigenvalue weighted by molar-refractivity contribution is -0.138. The van der Waals surface area contributed by atoms with E-state index in [1.54, 1.807) is 0 Å². The average Bonchev–Trinajstić information content (AvgIpc) is 3.26. The number of nitrogens with one attached hydrogen (secondary N) is 4. The Balaban J connectivity index is 2.86. The zero-order valence-electron chi connectivity index (χ0n) is 18.2. The van der Waals surface area contributed by atoms with E-state index >= 15 is 0 Å². The molecular weight excluding hydrogens is 436 g/mol. The summed E-state index contributed by atoms with van der Waals surface area (Å²) in [6.07, 6.45) is 4.04. The minimum atomic E-state index is -1.24. The molecule has 0 bridgehead atoms. The number of aromatic amines is 1. The summed E-state index contributed by atoms with van der Waals surface area (Å²) in [5.41, 5.74) is 17.1. The molecule has 0 radical (unpaired) electrons. The first kappa shape index (κ1) is 27.5. The molecule has 1 aromatic heterocycles. The summed E-state index contributed by atoms with van der Waals surface area (Å²) in [4.78, 5) is 66.3. The number of nitrogens with two attached hydrogens (primary N) is 3. The molecule has 0 spiro atoms. The predicted octanol–water partition coefficient (Wildman–Crippen LogP) is -3.16. The maximum atomic E-state index is 12.9. The quantitative estimate of drug-likeness (QED) is 0.114. The van der Waals surface area contributed by atoms with Crippen molar-refractivity contribution in [3.8, 4) is 0 Å². The molecule has 14 nitrogen and oxygen atoms in total. The molecule has 3 unspecified atom stereocenters. The number of imidazole rings is 1. The second-order valence-electron chi connectivity index (χ2n) is 7.41. The van der Waals surface area contributed by atoms with Gasteiger partial charge < -0.3 is 43.2 Å². The molecule has 0 aliphatic heterocycles. The molecule has 1 aromatic rings. The summed E-state index contributed by atoms with van der Waals surface area (Å²) in [6, 6.07) is -3.26. The van der Waals surface area contributed by atoms with Crippen LogP contribution in [0.4, 0.5) is 0 Å². The molecule has 11 N–H and O–H groups in total. The molecule has 0 aromatic carbocycles. The maximum absolute atomic E-state index is 12.9. The lowest BCUT2D eigenvalue weighted by Crippen LogP contribution is -2.56. The number of aromatic nitrogens is 2. The lowest BCUT2D eigenvalue weighted by Gasteiger charge is -2.24. The maximum Gasteiger partial charge on any atom is 0.322 e. The minimum Gasteiger partial charge on any atom is -0.480 e. The van der Waals surface area contributed by atoms with Crippen LogP contribution in [0.15, 0.2) is 12.5 Å². The minimum absolute atomic E-state index is 0.115. The number of carboxylic acid groups (broad SMARTS) is 1. The van der Waals surface area contributed by atoms with Crippen molar-refractivity contribution in [1.29, 1.82) is 0 Å². The predicted molar refractivity (Wildman–Crippen MR) is 116 cm³/mol. The Kier molecular flexibility index (Phi) is 12.1. The van der Waals surface area contributed by atoms with Gasteiger partial charge in [-0.1, -0.05) is 0 Å². The molecule has 14 heteroatoms. The second-order valence-corrected chi connectivity index (χ2v) is 7.41. The van der Waals surface area contributed by atoms with Gasteiger partial charge in [0.15, 0.2) is 0 Å². The topological polar surface area (TPSA) is 248 Å². The van der Waals surface area contributed by atoms with E-state index in [2.05, 4.69) is 25.9 Å². The molecule has 184 valence electrons. The Morgan fingerprint density at radius 2 is 1.70 bits per heavy atom. The van der Waals surface area contributed by atoms with Crippen LogP contribution in [-0.2, 0) is 30.4 Å². The van der Waals surface area contributed by atoms with Crippen LogP contribution in [-0.4, -0.2) is 75.9 Å². The summed E-state index contributed by atoms with van der Waals surface area (Å²) in [5, 5.41) is 16.0. The van der Waals surface area contributed by atoms with Gasteiger partial charge in [0.2, 0.25) is 23.6 Å². The number of hydrogen-bond acceptors (Lipinski definition) is 8. The normalized spacial score (nSPS) is 13.4. The third-order valence-corrected chi connectivity index (χ3v) is 4.64. The molecular formula is C19H32N8O6. The van der Waals surface area contributed by atoms with Crippen LogP contribution < -0.4 is 33.2 Å². The van der Waals surface area contributed by atoms with Crippen molar-refractivity contribution in [3.05, 3.63) is 18.2 Å². The van der Waals surface area contributed by atoms with Gasteiger partial charge in [0.05, 0.1) is 12.4 Å². The van der Waals surface area contributed by atoms with E-state index in [0.29, 0.717) is 25.1 Å². The second kappa shape index (κ2) is 14.5. The molecule has 0 aliphatic rings. The zero-order chi connectivity index (χ0) is 24.8. The first-order valence-electron chi connectivity index (χ1n) is 10.5. The van der Waals surface area contributed by atoms with Crippen LogP contribution in [0, 0.1) is 0 Å². The SMILES string of the molecule is NCCCCC(NC(=O)C(CCC(N)=O)NC(=O)C(N)Cc1cnc[nH]1)C(=O)NCC(=O)O. The van der Waals surface area contributed by atoms with Gasteiger partial charge in [-0.25, -0.2) is 4.98 Å². The molecule has 3 atom stereocenters. The van der Waals surface area contributed by atoms with Crippen LogP contribution in [0.2, 0.25) is 0 Å². The van der Waals surface area contributed by atoms with E-state index in [1.165, 1.54) is 12.5 Å². The number of rotatable bonds is 16. The van der Waals surface area contributed by atoms with Crippen molar-refractivity contribution in [2.75, 3.05) is 13.1 Å². The number of hydrogen-bond donors (Lipinski definition) is 8. The number of carbonyl (C=O) groups is 5. The van der Waals surface area contributed by atoms with Crippen LogP contribution in [0.1, 0.15) is 37.8 Å². The highest BCUT2D eigenvalue weighted by Gasteiger charge is 2.28. The molecule has 0 aliphatic carbocycles. The molecule has 1 rings (SSSR count). The van der Waals surface area contributed by atoms with Gasteiger partial charge in [0.25, 0.3) is 0 Å². The highest BCUT2D eigenvalue weighted by atomic mass is 16.4. The van der Waals surface area contributed by atoms with E-state index in [0.717, 1.165) is 0 Å². The molecule has 0 saturated carbocycles. The van der Waals surface area contributed by atoms with Crippen molar-refractivity contribution in [1.82, 2.24) is 25.9 Å². The Morgan fingerprint density at radius 3 is 2.27 bits per heavy atom. The molecule has 33 heavy (non-hydrogen) atoms. The van der Waals surface area contributed by atoms with Crippen LogP contribution >= 0.6 is 0 Å². The summed E-state index contributed by atoms with van der Waals surface area (Å²) in [5.74, 6) is -4.00. The average molecular weight is 469 g/mol. The summed E-state index contributed by atoms with van der Waals surface area (Å²) in [7, 11) is 0. The molecule has 0 saturated heterocycles. The zero-order valence-corrected chi connectivity index (χ0v) is 18.2. The van der Waals surface area contributed by atoms with Crippen molar-refractivity contribution in [3.63, 3.8) is 0 Å². The van der Waals surface area contributed by atoms with Gasteiger partial charge in [0, 0.05) is 24.7 Å². The van der Waals surface area contributed by atoms with E-state index in [4.69, 9.17) is 22.3 Å². The molecule has 1 heterocycles. The third kappa shape index (κ3) is 11.1. The first-order valence-corrected chi connectivity index (χ1v) is 10.5. The number of nitrogens with zero attached hydrogens (tertiary/aromatic N) is 1. The summed E-state index contributed by atoms with van der Waals surface area (Å²) in [6.45, 7) is -0.241. The monoisotopic (exact) mass is 468 g/mol. The summed E-state index contributed by atoms with van der Waals surface area (Å²) >= 11 is 0. The number of primary amides is 1. The Hall–Kier alpha value is -3.52. The van der Waals surface area contributed by atoms with Crippen LogP contribution in [0.25, 0.3) is 0 Å². The molecule has 4 amide bonds. The number of carbonyl (C=O) groups excluding carboxylic acids is 4. The smallest absolute Gasteiger partial charge is 0.322 e. The Labute approximate surface area is 190 Å². The van der Waals surface area contributed by atoms with E-state index < -0.39 is 54.3 Å². The van der Waals surface area contributed by atoms with Crippen molar-refractivity contribution >= 4 is 29.6 Å². The van der Waals surface area contributed by atoms with E-state index in [1.807, 2.05) is 0 Å². The van der Waals surface area contributed by atoms with Gasteiger partial charge in [0.1, 0.15) is 18.6 Å². The fourth-order valence-corrected chi connectivity index (χ4v) is 2.88. The van der Waals surface area contributed by atoms with Crippen LogP contribution in [0.3, 0.4) is 0 Å². The first-order chi connectivity index (χ1) is 15.6. The number of aliphatic carboxylic acids is 1. The van der Waals surface area contributed by atoms with Gasteiger partial charge in [-0.3, -0.25) is 24.0 Å². The molecule has 0 fully saturated rings. The number of H-pyrrole nitrogens is 1. The largest absolute Gasteiger partial charge is 0.480 e. The van der Waals surface area contributed by atoms with Crippen LogP contribution in [0.5, 0.6) is 0 Å². The fraction of sp³-hybridized carbons (Fsp3) is 0.579. The highest BCUT2D eigenvalue weighted by Crippen LogP contribution is 2.05. The Bertz CT molecular complexity index is 800. The lowest BCUT2D eigenvalue weighted by atomic mass is 10.1. The third-order valence-electron chi connectivity index (χ3n) is 4.64. The Morgan fingerprint density at radius 1 is 1.03 bits per heavy atom. The number of amides is 4. The number of carboxylic acids is 1. The van der Waals surface area contributed by atoms with Gasteiger partial charge >= 0.3 is 5.97 Å². The highest BCUT2D eigenvalue weighted by molar-refractivity contribution is 5.94. The van der Waals surface area contributed by atoms with Gasteiger partial charge in [-0.2, -0.15) is 0 Å². The van der Waals surface area contributed by atoms with E-state index in [9.17, 15) is 24.0 Å². The fourth-order valence-electron chi connectivity index (χ4n) is 2.88. The van der Waals surface area contributed by atoms with Crippen molar-refractivity contribution in [2.45, 2.75) is 56.7 Å².